The van der Waals surface area contributed by atoms with Crippen LogP contribution in [0.2, 0.25) is 0 Å². The van der Waals surface area contributed by atoms with Gasteiger partial charge >= 0.3 is 6.18 Å². The Bertz CT molecular complexity index is 891. The molecule has 0 aliphatic rings. The van der Waals surface area contributed by atoms with Gasteiger partial charge in [-0.05, 0) is 30.7 Å². The lowest BCUT2D eigenvalue weighted by Gasteiger charge is -2.11. The molecule has 0 aliphatic carbocycles. The number of aromatic nitrogens is 2. The normalized spacial score (nSPS) is 11.6. The Morgan fingerprint density at radius 1 is 0.923 bits per heavy atom. The minimum atomic E-state index is -4.56. The van der Waals surface area contributed by atoms with E-state index in [1.54, 1.807) is 24.3 Å². The van der Waals surface area contributed by atoms with Crippen molar-refractivity contribution in [3.63, 3.8) is 0 Å². The van der Waals surface area contributed by atoms with Gasteiger partial charge < -0.3 is 0 Å². The fourth-order valence-electron chi connectivity index (χ4n) is 2.24. The van der Waals surface area contributed by atoms with Crippen molar-refractivity contribution in [2.75, 3.05) is 0 Å². The zero-order valence-corrected chi connectivity index (χ0v) is 14.5. The van der Waals surface area contributed by atoms with Gasteiger partial charge in [0.15, 0.2) is 5.16 Å². The first kappa shape index (κ1) is 18.4. The van der Waals surface area contributed by atoms with Crippen LogP contribution < -0.4 is 0 Å². The molecule has 0 radical (unpaired) electrons. The second-order valence-electron chi connectivity index (χ2n) is 5.70. The zero-order chi connectivity index (χ0) is 18.7. The summed E-state index contributed by atoms with van der Waals surface area (Å²) < 4.78 is 52.5. The van der Waals surface area contributed by atoms with Crippen LogP contribution in [0, 0.1) is 12.7 Å². The highest BCUT2D eigenvalue weighted by Gasteiger charge is 2.33. The van der Waals surface area contributed by atoms with E-state index in [4.69, 9.17) is 0 Å². The zero-order valence-electron chi connectivity index (χ0n) is 13.7. The van der Waals surface area contributed by atoms with Gasteiger partial charge in [-0.2, -0.15) is 13.2 Å². The van der Waals surface area contributed by atoms with Crippen LogP contribution in [0.5, 0.6) is 0 Å². The molecule has 0 bridgehead atoms. The molecule has 0 aliphatic heterocycles. The average molecular weight is 378 g/mol. The Kier molecular flexibility index (Phi) is 5.27. The van der Waals surface area contributed by atoms with E-state index in [9.17, 15) is 17.6 Å². The lowest BCUT2D eigenvalue weighted by molar-refractivity contribution is -0.141. The van der Waals surface area contributed by atoms with Crippen molar-refractivity contribution in [2.45, 2.75) is 24.0 Å². The van der Waals surface area contributed by atoms with Gasteiger partial charge in [0.25, 0.3) is 0 Å². The van der Waals surface area contributed by atoms with Crippen LogP contribution in [0.3, 0.4) is 0 Å². The van der Waals surface area contributed by atoms with E-state index >= 15 is 0 Å². The quantitative estimate of drug-likeness (QED) is 0.321. The predicted octanol–water partition coefficient (Wildman–Crippen LogP) is 5.90. The summed E-state index contributed by atoms with van der Waals surface area (Å²) in [6, 6.07) is 13.8. The van der Waals surface area contributed by atoms with Gasteiger partial charge in [-0.25, -0.2) is 14.4 Å². The summed E-state index contributed by atoms with van der Waals surface area (Å²) in [4.78, 5) is 7.89. The lowest BCUT2D eigenvalue weighted by Crippen LogP contribution is -2.10. The molecule has 1 aromatic heterocycles. The minimum absolute atomic E-state index is 0.0275. The van der Waals surface area contributed by atoms with Crippen LogP contribution in [0.4, 0.5) is 17.6 Å². The van der Waals surface area contributed by atoms with Crippen LogP contribution >= 0.6 is 11.8 Å². The molecular formula is C19H14F4N2S. The highest BCUT2D eigenvalue weighted by Crippen LogP contribution is 2.32. The molecule has 134 valence electrons. The number of hydrogen-bond acceptors (Lipinski definition) is 3. The van der Waals surface area contributed by atoms with Crippen LogP contribution in [0.1, 0.15) is 16.8 Å². The van der Waals surface area contributed by atoms with Crippen molar-refractivity contribution < 1.29 is 17.6 Å². The summed E-state index contributed by atoms with van der Waals surface area (Å²) >= 11 is 1.08. The Morgan fingerprint density at radius 2 is 1.58 bits per heavy atom. The van der Waals surface area contributed by atoms with Gasteiger partial charge in [0.2, 0.25) is 0 Å². The van der Waals surface area contributed by atoms with Gasteiger partial charge in [0.05, 0.1) is 5.69 Å². The summed E-state index contributed by atoms with van der Waals surface area (Å²) in [7, 11) is 0. The van der Waals surface area contributed by atoms with Gasteiger partial charge in [-0.15, -0.1) is 0 Å². The second-order valence-corrected chi connectivity index (χ2v) is 6.64. The van der Waals surface area contributed by atoms with Crippen molar-refractivity contribution in [3.8, 4) is 11.3 Å². The van der Waals surface area contributed by atoms with E-state index in [1.807, 2.05) is 19.1 Å². The first-order valence-corrected chi connectivity index (χ1v) is 8.70. The number of nitrogens with zero attached hydrogens (tertiary/aromatic N) is 2. The molecule has 1 heterocycles. The molecule has 0 saturated heterocycles. The Labute approximate surface area is 152 Å². The molecule has 0 unspecified atom stereocenters. The molecule has 0 amide bonds. The molecule has 3 aromatic rings. The fourth-order valence-corrected chi connectivity index (χ4v) is 3.05. The number of aryl methyl sites for hydroxylation is 1. The van der Waals surface area contributed by atoms with Crippen molar-refractivity contribution in [1.82, 2.24) is 9.97 Å². The van der Waals surface area contributed by atoms with Gasteiger partial charge in [-0.3, -0.25) is 0 Å². The van der Waals surface area contributed by atoms with E-state index in [0.29, 0.717) is 11.3 Å². The smallest absolute Gasteiger partial charge is 0.222 e. The van der Waals surface area contributed by atoms with E-state index in [0.717, 1.165) is 29.0 Å². The van der Waals surface area contributed by atoms with Crippen molar-refractivity contribution in [2.24, 2.45) is 0 Å². The van der Waals surface area contributed by atoms with Gasteiger partial charge in [-0.1, -0.05) is 53.7 Å². The average Bonchev–Trinajstić information content (AvgIpc) is 2.61. The van der Waals surface area contributed by atoms with Gasteiger partial charge in [0, 0.05) is 11.3 Å². The molecular weight excluding hydrogens is 364 g/mol. The molecule has 26 heavy (non-hydrogen) atoms. The molecule has 0 spiro atoms. The van der Waals surface area contributed by atoms with Crippen LogP contribution in [0.15, 0.2) is 59.8 Å². The van der Waals surface area contributed by atoms with E-state index < -0.39 is 11.9 Å². The SMILES string of the molecule is Cc1ccc(-c2cc(C(F)(F)F)nc(SCc3ccc(F)cc3)n2)cc1. The topological polar surface area (TPSA) is 25.8 Å². The molecule has 2 nitrogen and oxygen atoms in total. The Morgan fingerprint density at radius 3 is 2.19 bits per heavy atom. The third-order valence-electron chi connectivity index (χ3n) is 3.62. The Balaban J connectivity index is 1.92. The Hall–Kier alpha value is -2.41. The highest BCUT2D eigenvalue weighted by molar-refractivity contribution is 7.98. The van der Waals surface area contributed by atoms with Crippen molar-refractivity contribution in [3.05, 3.63) is 77.2 Å². The molecule has 3 rings (SSSR count). The van der Waals surface area contributed by atoms with Crippen molar-refractivity contribution >= 4 is 11.8 Å². The molecule has 0 atom stereocenters. The van der Waals surface area contributed by atoms with E-state index in [1.165, 1.54) is 12.1 Å². The van der Waals surface area contributed by atoms with Gasteiger partial charge in [0.1, 0.15) is 11.5 Å². The fraction of sp³-hybridized carbons (Fsp3) is 0.158. The van der Waals surface area contributed by atoms with E-state index in [2.05, 4.69) is 9.97 Å². The summed E-state index contributed by atoms with van der Waals surface area (Å²) in [5, 5.41) is 0.0275. The van der Waals surface area contributed by atoms with Crippen molar-refractivity contribution in [1.29, 1.82) is 0 Å². The summed E-state index contributed by atoms with van der Waals surface area (Å²) in [6.07, 6.45) is -4.56. The summed E-state index contributed by atoms with van der Waals surface area (Å²) in [5.74, 6) is -0.0229. The monoisotopic (exact) mass is 378 g/mol. The second kappa shape index (κ2) is 7.45. The number of alkyl halides is 3. The number of hydrogen-bond donors (Lipinski definition) is 0. The number of benzene rings is 2. The number of halogens is 4. The third kappa shape index (κ3) is 4.60. The first-order valence-electron chi connectivity index (χ1n) is 7.72. The molecule has 0 saturated carbocycles. The van der Waals surface area contributed by atoms with E-state index in [-0.39, 0.29) is 16.7 Å². The number of thioether (sulfide) groups is 1. The molecule has 0 N–H and O–H groups in total. The minimum Gasteiger partial charge on any atom is -0.222 e. The molecule has 0 fully saturated rings. The maximum atomic E-state index is 13.2. The summed E-state index contributed by atoms with van der Waals surface area (Å²) in [6.45, 7) is 1.90. The maximum Gasteiger partial charge on any atom is 0.433 e. The standard InChI is InChI=1S/C19H14F4N2S/c1-12-2-6-14(7-3-12)16-10-17(19(21,22)23)25-18(24-16)26-11-13-4-8-15(20)9-5-13/h2-10H,11H2,1H3. The van der Waals surface area contributed by atoms with Crippen LogP contribution in [-0.2, 0) is 11.9 Å². The van der Waals surface area contributed by atoms with Crippen LogP contribution in [0.25, 0.3) is 11.3 Å². The first-order chi connectivity index (χ1) is 12.3. The third-order valence-corrected chi connectivity index (χ3v) is 4.54. The summed E-state index contributed by atoms with van der Waals surface area (Å²) in [5.41, 5.74) is 1.60. The largest absolute Gasteiger partial charge is 0.433 e. The maximum absolute atomic E-state index is 13.2. The molecule has 2 aromatic carbocycles. The highest BCUT2D eigenvalue weighted by atomic mass is 32.2. The lowest BCUT2D eigenvalue weighted by atomic mass is 10.1. The van der Waals surface area contributed by atoms with Crippen LogP contribution in [-0.4, -0.2) is 9.97 Å². The molecule has 7 heteroatoms. The number of rotatable bonds is 4. The predicted molar refractivity (Wildman–Crippen MR) is 93.2 cm³/mol.